The van der Waals surface area contributed by atoms with Crippen LogP contribution < -0.4 is 0 Å². The summed E-state index contributed by atoms with van der Waals surface area (Å²) in [4.78, 5) is 0. The van der Waals surface area contributed by atoms with Crippen molar-refractivity contribution in [1.29, 1.82) is 0 Å². The normalized spacial score (nSPS) is 25.7. The molecule has 0 aromatic heterocycles. The molecule has 1 fully saturated rings. The van der Waals surface area contributed by atoms with Crippen molar-refractivity contribution < 1.29 is 9.47 Å². The standard InChI is InChI=1S/C13H18O2/c1-2-14-13-9-12(10-15-13)8-11-6-4-3-5-7-11/h3-7,12-13H,2,8-10H2,1H3/t12-,13+/m1/s1. The van der Waals surface area contributed by atoms with Crippen LogP contribution in [0.25, 0.3) is 0 Å². The van der Waals surface area contributed by atoms with Crippen molar-refractivity contribution >= 4 is 0 Å². The predicted octanol–water partition coefficient (Wildman–Crippen LogP) is 2.63. The van der Waals surface area contributed by atoms with E-state index in [1.165, 1.54) is 5.56 Å². The molecular weight excluding hydrogens is 188 g/mol. The van der Waals surface area contributed by atoms with E-state index in [9.17, 15) is 0 Å². The molecule has 1 heterocycles. The molecule has 82 valence electrons. The second-order valence-electron chi connectivity index (χ2n) is 4.01. The van der Waals surface area contributed by atoms with Crippen LogP contribution in [0.1, 0.15) is 18.9 Å². The Bertz CT molecular complexity index is 284. The molecule has 0 unspecified atom stereocenters. The quantitative estimate of drug-likeness (QED) is 0.754. The summed E-state index contributed by atoms with van der Waals surface area (Å²) in [5, 5.41) is 0. The van der Waals surface area contributed by atoms with Crippen LogP contribution in [0.4, 0.5) is 0 Å². The highest BCUT2D eigenvalue weighted by molar-refractivity contribution is 5.15. The summed E-state index contributed by atoms with van der Waals surface area (Å²) in [5.74, 6) is 0.615. The lowest BCUT2D eigenvalue weighted by atomic mass is 9.98. The van der Waals surface area contributed by atoms with Crippen molar-refractivity contribution in [3.63, 3.8) is 0 Å². The van der Waals surface area contributed by atoms with Crippen LogP contribution in [0, 0.1) is 5.92 Å². The molecule has 0 amide bonds. The van der Waals surface area contributed by atoms with Crippen LogP contribution >= 0.6 is 0 Å². The smallest absolute Gasteiger partial charge is 0.157 e. The largest absolute Gasteiger partial charge is 0.353 e. The monoisotopic (exact) mass is 206 g/mol. The topological polar surface area (TPSA) is 18.5 Å². The highest BCUT2D eigenvalue weighted by atomic mass is 16.7. The SMILES string of the molecule is CCO[C@@H]1C[C@@H](Cc2ccccc2)CO1. The predicted molar refractivity (Wildman–Crippen MR) is 59.6 cm³/mol. The summed E-state index contributed by atoms with van der Waals surface area (Å²) in [7, 11) is 0. The lowest BCUT2D eigenvalue weighted by molar-refractivity contribution is -0.106. The number of rotatable bonds is 4. The van der Waals surface area contributed by atoms with E-state index >= 15 is 0 Å². The van der Waals surface area contributed by atoms with Gasteiger partial charge in [-0.15, -0.1) is 0 Å². The second kappa shape index (κ2) is 5.29. The molecule has 0 spiro atoms. The van der Waals surface area contributed by atoms with Gasteiger partial charge in [0.15, 0.2) is 6.29 Å². The van der Waals surface area contributed by atoms with Crippen molar-refractivity contribution in [1.82, 2.24) is 0 Å². The third kappa shape index (κ3) is 3.05. The zero-order valence-electron chi connectivity index (χ0n) is 9.19. The van der Waals surface area contributed by atoms with Gasteiger partial charge in [0.05, 0.1) is 6.61 Å². The zero-order chi connectivity index (χ0) is 10.5. The molecule has 1 aromatic rings. The zero-order valence-corrected chi connectivity index (χ0v) is 9.19. The van der Waals surface area contributed by atoms with Crippen molar-refractivity contribution in [2.75, 3.05) is 13.2 Å². The Balaban J connectivity index is 1.82. The van der Waals surface area contributed by atoms with Gasteiger partial charge in [-0.25, -0.2) is 0 Å². The Kier molecular flexibility index (Phi) is 3.75. The summed E-state index contributed by atoms with van der Waals surface area (Å²) in [5.41, 5.74) is 1.39. The molecule has 0 radical (unpaired) electrons. The maximum atomic E-state index is 5.56. The van der Waals surface area contributed by atoms with E-state index < -0.39 is 0 Å². The van der Waals surface area contributed by atoms with Gasteiger partial charge in [0.2, 0.25) is 0 Å². The molecule has 1 aromatic carbocycles. The van der Waals surface area contributed by atoms with E-state index in [1.807, 2.05) is 6.92 Å². The van der Waals surface area contributed by atoms with Gasteiger partial charge in [-0.1, -0.05) is 30.3 Å². The van der Waals surface area contributed by atoms with Gasteiger partial charge < -0.3 is 9.47 Å². The van der Waals surface area contributed by atoms with Gasteiger partial charge in [-0.2, -0.15) is 0 Å². The Labute approximate surface area is 91.2 Å². The van der Waals surface area contributed by atoms with Gasteiger partial charge >= 0.3 is 0 Å². The summed E-state index contributed by atoms with van der Waals surface area (Å²) in [6.45, 7) is 3.58. The lowest BCUT2D eigenvalue weighted by Crippen LogP contribution is -2.10. The minimum atomic E-state index is 0.0312. The van der Waals surface area contributed by atoms with Crippen molar-refractivity contribution in [3.05, 3.63) is 35.9 Å². The fraction of sp³-hybridized carbons (Fsp3) is 0.538. The van der Waals surface area contributed by atoms with Crippen LogP contribution in [-0.2, 0) is 15.9 Å². The third-order valence-corrected chi connectivity index (χ3v) is 2.76. The maximum Gasteiger partial charge on any atom is 0.157 e. The second-order valence-corrected chi connectivity index (χ2v) is 4.01. The number of hydrogen-bond donors (Lipinski definition) is 0. The van der Waals surface area contributed by atoms with Gasteiger partial charge in [0.25, 0.3) is 0 Å². The number of benzene rings is 1. The van der Waals surface area contributed by atoms with E-state index in [1.54, 1.807) is 0 Å². The van der Waals surface area contributed by atoms with Crippen LogP contribution in [0.5, 0.6) is 0 Å². The van der Waals surface area contributed by atoms with Crippen LogP contribution in [0.2, 0.25) is 0 Å². The van der Waals surface area contributed by atoms with E-state index in [0.29, 0.717) is 5.92 Å². The highest BCUT2D eigenvalue weighted by Crippen LogP contribution is 2.23. The van der Waals surface area contributed by atoms with E-state index in [2.05, 4.69) is 30.3 Å². The summed E-state index contributed by atoms with van der Waals surface area (Å²) >= 11 is 0. The molecule has 15 heavy (non-hydrogen) atoms. The molecule has 1 aliphatic heterocycles. The molecule has 1 aliphatic rings. The Morgan fingerprint density at radius 3 is 2.87 bits per heavy atom. The Hall–Kier alpha value is -0.860. The number of hydrogen-bond acceptors (Lipinski definition) is 2. The van der Waals surface area contributed by atoms with Crippen LogP contribution in [-0.4, -0.2) is 19.5 Å². The molecule has 0 N–H and O–H groups in total. The molecule has 2 nitrogen and oxygen atoms in total. The van der Waals surface area contributed by atoms with E-state index in [0.717, 1.165) is 26.1 Å². The van der Waals surface area contributed by atoms with E-state index in [-0.39, 0.29) is 6.29 Å². The summed E-state index contributed by atoms with van der Waals surface area (Å²) < 4.78 is 11.0. The molecular formula is C13H18O2. The summed E-state index contributed by atoms with van der Waals surface area (Å²) in [6.07, 6.45) is 2.16. The first-order valence-corrected chi connectivity index (χ1v) is 5.65. The number of ether oxygens (including phenoxy) is 2. The minimum Gasteiger partial charge on any atom is -0.353 e. The van der Waals surface area contributed by atoms with Crippen molar-refractivity contribution in [2.24, 2.45) is 5.92 Å². The average Bonchev–Trinajstić information content (AvgIpc) is 2.68. The molecule has 0 aliphatic carbocycles. The Morgan fingerprint density at radius 2 is 2.13 bits per heavy atom. The molecule has 2 atom stereocenters. The van der Waals surface area contributed by atoms with Gasteiger partial charge in [-0.3, -0.25) is 0 Å². The van der Waals surface area contributed by atoms with E-state index in [4.69, 9.17) is 9.47 Å². The fourth-order valence-electron chi connectivity index (χ4n) is 2.04. The van der Waals surface area contributed by atoms with Gasteiger partial charge in [0, 0.05) is 13.0 Å². The highest BCUT2D eigenvalue weighted by Gasteiger charge is 2.25. The molecule has 1 saturated heterocycles. The average molecular weight is 206 g/mol. The van der Waals surface area contributed by atoms with Crippen molar-refractivity contribution in [2.45, 2.75) is 26.1 Å². The van der Waals surface area contributed by atoms with Crippen molar-refractivity contribution in [3.8, 4) is 0 Å². The van der Waals surface area contributed by atoms with Gasteiger partial charge in [0.1, 0.15) is 0 Å². The maximum absolute atomic E-state index is 5.56. The first-order valence-electron chi connectivity index (χ1n) is 5.65. The molecule has 2 rings (SSSR count). The minimum absolute atomic E-state index is 0.0312. The Morgan fingerprint density at radius 1 is 1.33 bits per heavy atom. The van der Waals surface area contributed by atoms with Gasteiger partial charge in [-0.05, 0) is 24.8 Å². The summed E-state index contributed by atoms with van der Waals surface area (Å²) in [6, 6.07) is 10.6. The molecule has 0 bridgehead atoms. The van der Waals surface area contributed by atoms with Crippen LogP contribution in [0.3, 0.4) is 0 Å². The first kappa shape index (κ1) is 10.7. The third-order valence-electron chi connectivity index (χ3n) is 2.76. The lowest BCUT2D eigenvalue weighted by Gasteiger charge is -2.09. The molecule has 2 heteroatoms. The molecule has 0 saturated carbocycles. The first-order chi connectivity index (χ1) is 7.38. The van der Waals surface area contributed by atoms with Crippen LogP contribution in [0.15, 0.2) is 30.3 Å². The fourth-order valence-corrected chi connectivity index (χ4v) is 2.04.